The number of halogens is 1. The van der Waals surface area contributed by atoms with E-state index in [-0.39, 0.29) is 17.0 Å². The lowest BCUT2D eigenvalue weighted by Gasteiger charge is -2.06. The summed E-state index contributed by atoms with van der Waals surface area (Å²) >= 11 is 1.75. The fourth-order valence-corrected chi connectivity index (χ4v) is 1.84. The summed E-state index contributed by atoms with van der Waals surface area (Å²) in [4.78, 5) is 5.29. The average molecular weight is 271 g/mol. The van der Waals surface area contributed by atoms with Crippen molar-refractivity contribution in [1.82, 2.24) is 9.55 Å². The smallest absolute Gasteiger partial charge is 0.0992 e. The first-order valence-electron chi connectivity index (χ1n) is 4.03. The summed E-state index contributed by atoms with van der Waals surface area (Å²) in [6.45, 7) is 0. The van der Waals surface area contributed by atoms with Gasteiger partial charge in [0.1, 0.15) is 0 Å². The van der Waals surface area contributed by atoms with Gasteiger partial charge in [0.15, 0.2) is 0 Å². The maximum atomic E-state index is 4.03. The van der Waals surface area contributed by atoms with Crippen LogP contribution in [-0.4, -0.2) is 15.8 Å². The number of rotatable bonds is 2. The van der Waals surface area contributed by atoms with Crippen LogP contribution in [0.3, 0.4) is 0 Å². The number of imidazole rings is 1. The Morgan fingerprint density at radius 3 is 2.71 bits per heavy atom. The van der Waals surface area contributed by atoms with Gasteiger partial charge in [0.05, 0.1) is 12.0 Å². The molecule has 2 aromatic rings. The average Bonchev–Trinajstić information content (AvgIpc) is 2.70. The molecule has 0 saturated heterocycles. The molecule has 0 aliphatic rings. The minimum atomic E-state index is 0. The molecule has 0 atom stereocenters. The van der Waals surface area contributed by atoms with Crippen LogP contribution in [0.2, 0.25) is 0 Å². The number of hydrogen-bond acceptors (Lipinski definition) is 2. The molecule has 0 saturated carbocycles. The second-order valence-electron chi connectivity index (χ2n) is 2.64. The SMILES string of the molecule is Br.CSc1ccccc1-n1ccnc1. The van der Waals surface area contributed by atoms with Crippen molar-refractivity contribution in [1.29, 1.82) is 0 Å². The second-order valence-corrected chi connectivity index (χ2v) is 3.49. The highest BCUT2D eigenvalue weighted by Crippen LogP contribution is 2.22. The maximum Gasteiger partial charge on any atom is 0.0992 e. The van der Waals surface area contributed by atoms with E-state index in [1.165, 1.54) is 10.6 Å². The first-order valence-corrected chi connectivity index (χ1v) is 5.25. The molecule has 0 amide bonds. The fraction of sp³-hybridized carbons (Fsp3) is 0.100. The van der Waals surface area contributed by atoms with Crippen LogP contribution in [0.25, 0.3) is 5.69 Å². The van der Waals surface area contributed by atoms with E-state index in [0.717, 1.165) is 0 Å². The summed E-state index contributed by atoms with van der Waals surface area (Å²) in [6, 6.07) is 8.29. The van der Waals surface area contributed by atoms with Gasteiger partial charge in [0.2, 0.25) is 0 Å². The van der Waals surface area contributed by atoms with Crippen LogP contribution >= 0.6 is 28.7 Å². The Labute approximate surface area is 98.1 Å². The van der Waals surface area contributed by atoms with Gasteiger partial charge in [0.25, 0.3) is 0 Å². The van der Waals surface area contributed by atoms with Gasteiger partial charge < -0.3 is 4.57 Å². The third kappa shape index (κ3) is 2.19. The normalized spacial score (nSPS) is 9.50. The third-order valence-electron chi connectivity index (χ3n) is 1.87. The van der Waals surface area contributed by atoms with E-state index in [1.54, 1.807) is 18.0 Å². The van der Waals surface area contributed by atoms with Gasteiger partial charge in [-0.1, -0.05) is 12.1 Å². The first-order chi connectivity index (χ1) is 6.42. The Kier molecular flexibility index (Phi) is 4.22. The van der Waals surface area contributed by atoms with E-state index >= 15 is 0 Å². The molecule has 0 bridgehead atoms. The molecule has 0 spiro atoms. The molecular weight excluding hydrogens is 260 g/mol. The third-order valence-corrected chi connectivity index (χ3v) is 2.65. The van der Waals surface area contributed by atoms with E-state index < -0.39 is 0 Å². The number of aromatic nitrogens is 2. The minimum absolute atomic E-state index is 0. The van der Waals surface area contributed by atoms with Crippen molar-refractivity contribution in [3.05, 3.63) is 43.0 Å². The highest BCUT2D eigenvalue weighted by molar-refractivity contribution is 8.93. The van der Waals surface area contributed by atoms with Gasteiger partial charge in [0, 0.05) is 17.3 Å². The molecule has 0 radical (unpaired) electrons. The van der Waals surface area contributed by atoms with Gasteiger partial charge in [-0.25, -0.2) is 4.98 Å². The molecule has 0 fully saturated rings. The van der Waals surface area contributed by atoms with Gasteiger partial charge in [-0.15, -0.1) is 28.7 Å². The van der Waals surface area contributed by atoms with Crippen LogP contribution in [0.4, 0.5) is 0 Å². The summed E-state index contributed by atoms with van der Waals surface area (Å²) in [5, 5.41) is 0. The molecule has 0 aliphatic carbocycles. The van der Waals surface area contributed by atoms with Crippen molar-refractivity contribution in [2.45, 2.75) is 4.90 Å². The molecule has 0 unspecified atom stereocenters. The number of hydrogen-bond donors (Lipinski definition) is 0. The summed E-state index contributed by atoms with van der Waals surface area (Å²) in [7, 11) is 0. The van der Waals surface area contributed by atoms with Crippen molar-refractivity contribution < 1.29 is 0 Å². The second kappa shape index (κ2) is 5.22. The van der Waals surface area contributed by atoms with Gasteiger partial charge in [-0.3, -0.25) is 0 Å². The van der Waals surface area contributed by atoms with Crippen LogP contribution < -0.4 is 0 Å². The molecule has 2 nitrogen and oxygen atoms in total. The topological polar surface area (TPSA) is 17.8 Å². The zero-order valence-corrected chi connectivity index (χ0v) is 10.3. The zero-order chi connectivity index (χ0) is 9.10. The highest BCUT2D eigenvalue weighted by Gasteiger charge is 2.00. The Hall–Kier alpha value is -0.740. The van der Waals surface area contributed by atoms with Crippen LogP contribution in [0.5, 0.6) is 0 Å². The van der Waals surface area contributed by atoms with E-state index in [1.807, 2.05) is 29.2 Å². The number of para-hydroxylation sites is 1. The van der Waals surface area contributed by atoms with Crippen molar-refractivity contribution in [2.75, 3.05) is 6.26 Å². The van der Waals surface area contributed by atoms with Crippen LogP contribution in [0.15, 0.2) is 47.9 Å². The fourth-order valence-electron chi connectivity index (χ4n) is 1.24. The summed E-state index contributed by atoms with van der Waals surface area (Å²) in [6.07, 6.45) is 7.64. The number of benzene rings is 1. The Bertz CT molecular complexity index is 387. The Balaban J connectivity index is 0.000000980. The quantitative estimate of drug-likeness (QED) is 0.781. The highest BCUT2D eigenvalue weighted by atomic mass is 79.9. The van der Waals surface area contributed by atoms with Gasteiger partial charge >= 0.3 is 0 Å². The largest absolute Gasteiger partial charge is 0.305 e. The molecule has 1 heterocycles. The molecule has 4 heteroatoms. The van der Waals surface area contributed by atoms with Crippen molar-refractivity contribution in [3.8, 4) is 5.69 Å². The Morgan fingerprint density at radius 1 is 1.29 bits per heavy atom. The Morgan fingerprint density at radius 2 is 2.07 bits per heavy atom. The first kappa shape index (κ1) is 11.3. The number of thioether (sulfide) groups is 1. The molecule has 2 rings (SSSR count). The molecule has 74 valence electrons. The van der Waals surface area contributed by atoms with Crippen LogP contribution in [-0.2, 0) is 0 Å². The van der Waals surface area contributed by atoms with E-state index in [9.17, 15) is 0 Å². The van der Waals surface area contributed by atoms with Gasteiger partial charge in [-0.05, 0) is 18.4 Å². The van der Waals surface area contributed by atoms with Crippen molar-refractivity contribution >= 4 is 28.7 Å². The predicted molar refractivity (Wildman–Crippen MR) is 65.7 cm³/mol. The molecule has 1 aromatic heterocycles. The summed E-state index contributed by atoms with van der Waals surface area (Å²) < 4.78 is 2.02. The number of nitrogens with zero attached hydrogens (tertiary/aromatic N) is 2. The zero-order valence-electron chi connectivity index (χ0n) is 7.75. The predicted octanol–water partition coefficient (Wildman–Crippen LogP) is 3.17. The maximum absolute atomic E-state index is 4.03. The van der Waals surface area contributed by atoms with Crippen molar-refractivity contribution in [3.63, 3.8) is 0 Å². The van der Waals surface area contributed by atoms with E-state index in [4.69, 9.17) is 0 Å². The minimum Gasteiger partial charge on any atom is -0.305 e. The lowest BCUT2D eigenvalue weighted by molar-refractivity contribution is 1.02. The molecule has 0 aliphatic heterocycles. The molecular formula is C10H11BrN2S. The monoisotopic (exact) mass is 270 g/mol. The van der Waals surface area contributed by atoms with Crippen LogP contribution in [0.1, 0.15) is 0 Å². The van der Waals surface area contributed by atoms with Gasteiger partial charge in [-0.2, -0.15) is 0 Å². The van der Waals surface area contributed by atoms with E-state index in [2.05, 4.69) is 23.4 Å². The molecule has 0 N–H and O–H groups in total. The summed E-state index contributed by atoms with van der Waals surface area (Å²) in [5.74, 6) is 0. The molecule has 14 heavy (non-hydrogen) atoms. The van der Waals surface area contributed by atoms with Crippen molar-refractivity contribution in [2.24, 2.45) is 0 Å². The summed E-state index contributed by atoms with van der Waals surface area (Å²) in [5.41, 5.74) is 1.19. The standard InChI is InChI=1S/C10H10N2S.BrH/c1-13-10-5-3-2-4-9(10)12-7-6-11-8-12;/h2-8H,1H3;1H. The lowest BCUT2D eigenvalue weighted by Crippen LogP contribution is -1.91. The lowest BCUT2D eigenvalue weighted by atomic mass is 10.3. The van der Waals surface area contributed by atoms with Crippen LogP contribution in [0, 0.1) is 0 Å². The molecule has 1 aromatic carbocycles. The van der Waals surface area contributed by atoms with E-state index in [0.29, 0.717) is 0 Å².